The van der Waals surface area contributed by atoms with Gasteiger partial charge < -0.3 is 9.84 Å². The topological polar surface area (TPSA) is 29.5 Å². The van der Waals surface area contributed by atoms with Crippen LogP contribution >= 0.6 is 0 Å². The molecule has 90 valence electrons. The lowest BCUT2D eigenvalue weighted by molar-refractivity contribution is 0.0787. The first-order chi connectivity index (χ1) is 8.00. The summed E-state index contributed by atoms with van der Waals surface area (Å²) in [6.45, 7) is 6.24. The van der Waals surface area contributed by atoms with E-state index in [4.69, 9.17) is 4.74 Å². The van der Waals surface area contributed by atoms with E-state index in [1.54, 1.807) is 13.8 Å². The van der Waals surface area contributed by atoms with Crippen LogP contribution in [0.1, 0.15) is 26.3 Å². The fourth-order valence-corrected chi connectivity index (χ4v) is 1.86. The maximum atomic E-state index is 9.96. The van der Waals surface area contributed by atoms with Crippen LogP contribution in [0.5, 0.6) is 5.75 Å². The van der Waals surface area contributed by atoms with E-state index in [-0.39, 0.29) is 0 Å². The minimum atomic E-state index is -0.799. The van der Waals surface area contributed by atoms with Gasteiger partial charge in [-0.1, -0.05) is 18.2 Å². The van der Waals surface area contributed by atoms with Crippen molar-refractivity contribution in [1.82, 2.24) is 0 Å². The summed E-state index contributed by atoms with van der Waals surface area (Å²) >= 11 is 0. The summed E-state index contributed by atoms with van der Waals surface area (Å²) in [5.74, 6) is 0.885. The molecule has 2 nitrogen and oxygen atoms in total. The van der Waals surface area contributed by atoms with Crippen LogP contribution < -0.4 is 4.74 Å². The zero-order chi connectivity index (χ0) is 12.5. The zero-order valence-electron chi connectivity index (χ0n) is 10.5. The molecule has 1 N–H and O–H groups in total. The van der Waals surface area contributed by atoms with Crippen LogP contribution in [0.2, 0.25) is 0 Å². The van der Waals surface area contributed by atoms with Gasteiger partial charge in [-0.2, -0.15) is 0 Å². The highest BCUT2D eigenvalue weighted by atomic mass is 16.5. The van der Waals surface area contributed by atoms with E-state index in [1.165, 1.54) is 0 Å². The van der Waals surface area contributed by atoms with Crippen molar-refractivity contribution in [3.05, 3.63) is 42.0 Å². The van der Waals surface area contributed by atoms with Gasteiger partial charge in [-0.05, 0) is 55.3 Å². The van der Waals surface area contributed by atoms with Crippen LogP contribution in [0.25, 0.3) is 10.8 Å². The highest BCUT2D eigenvalue weighted by Crippen LogP contribution is 2.26. The molecular formula is C15H18O2. The fraction of sp³-hybridized carbons (Fsp3) is 0.333. The van der Waals surface area contributed by atoms with Crippen molar-refractivity contribution < 1.29 is 9.84 Å². The van der Waals surface area contributed by atoms with Gasteiger partial charge in [-0.3, -0.25) is 0 Å². The Morgan fingerprint density at radius 1 is 1.06 bits per heavy atom. The molecule has 2 aromatic carbocycles. The predicted molar refractivity (Wildman–Crippen MR) is 70.4 cm³/mol. The third-order valence-corrected chi connectivity index (χ3v) is 2.83. The first-order valence-corrected chi connectivity index (χ1v) is 5.90. The second-order valence-corrected chi connectivity index (χ2v) is 4.72. The maximum Gasteiger partial charge on any atom is 0.119 e. The molecule has 0 saturated carbocycles. The molecule has 0 aromatic heterocycles. The molecule has 0 saturated heterocycles. The Hall–Kier alpha value is -1.54. The monoisotopic (exact) mass is 230 g/mol. The summed E-state index contributed by atoms with van der Waals surface area (Å²) in [6.07, 6.45) is 0. The molecule has 0 aliphatic heterocycles. The predicted octanol–water partition coefficient (Wildman–Crippen LogP) is 3.47. The van der Waals surface area contributed by atoms with Crippen molar-refractivity contribution in [2.24, 2.45) is 0 Å². The average Bonchev–Trinajstić information content (AvgIpc) is 2.27. The summed E-state index contributed by atoms with van der Waals surface area (Å²) in [4.78, 5) is 0. The van der Waals surface area contributed by atoms with Crippen LogP contribution in [-0.4, -0.2) is 11.7 Å². The summed E-state index contributed by atoms with van der Waals surface area (Å²) in [5, 5.41) is 12.2. The Bertz CT molecular complexity index is 524. The summed E-state index contributed by atoms with van der Waals surface area (Å²) in [7, 11) is 0. The molecule has 0 bridgehead atoms. The van der Waals surface area contributed by atoms with Gasteiger partial charge in [0.05, 0.1) is 12.2 Å². The molecule has 17 heavy (non-hydrogen) atoms. The quantitative estimate of drug-likeness (QED) is 0.875. The van der Waals surface area contributed by atoms with E-state index in [0.717, 1.165) is 22.1 Å². The molecule has 2 rings (SSSR count). The number of fused-ring (bicyclic) bond motifs is 1. The van der Waals surface area contributed by atoms with Gasteiger partial charge in [-0.25, -0.2) is 0 Å². The summed E-state index contributed by atoms with van der Waals surface area (Å²) in [6, 6.07) is 12.0. The van der Waals surface area contributed by atoms with E-state index >= 15 is 0 Å². The zero-order valence-corrected chi connectivity index (χ0v) is 10.5. The molecule has 0 aliphatic carbocycles. The summed E-state index contributed by atoms with van der Waals surface area (Å²) in [5.41, 5.74) is 0.126. The lowest BCUT2D eigenvalue weighted by Crippen LogP contribution is -2.14. The third-order valence-electron chi connectivity index (χ3n) is 2.83. The number of benzene rings is 2. The van der Waals surface area contributed by atoms with Crippen LogP contribution in [0, 0.1) is 0 Å². The van der Waals surface area contributed by atoms with E-state index < -0.39 is 5.60 Å². The molecule has 0 heterocycles. The van der Waals surface area contributed by atoms with E-state index in [9.17, 15) is 5.11 Å². The minimum absolute atomic E-state index is 0.674. The molecule has 0 unspecified atom stereocenters. The molecule has 0 atom stereocenters. The average molecular weight is 230 g/mol. The van der Waals surface area contributed by atoms with Gasteiger partial charge in [0.2, 0.25) is 0 Å². The van der Waals surface area contributed by atoms with Crippen molar-refractivity contribution in [2.45, 2.75) is 26.4 Å². The Labute approximate surface area is 102 Å². The molecule has 2 heteroatoms. The number of hydrogen-bond donors (Lipinski definition) is 1. The molecule has 0 radical (unpaired) electrons. The van der Waals surface area contributed by atoms with Gasteiger partial charge in [0.25, 0.3) is 0 Å². The molecule has 0 aliphatic rings. The third kappa shape index (κ3) is 2.59. The molecular weight excluding hydrogens is 212 g/mol. The molecule has 0 amide bonds. The second-order valence-electron chi connectivity index (χ2n) is 4.72. The second kappa shape index (κ2) is 4.38. The van der Waals surface area contributed by atoms with Gasteiger partial charge in [-0.15, -0.1) is 0 Å². The number of rotatable bonds is 3. The van der Waals surface area contributed by atoms with Gasteiger partial charge in [0.15, 0.2) is 0 Å². The van der Waals surface area contributed by atoms with Gasteiger partial charge >= 0.3 is 0 Å². The van der Waals surface area contributed by atoms with Crippen LogP contribution in [0.4, 0.5) is 0 Å². The Balaban J connectivity index is 2.47. The van der Waals surface area contributed by atoms with Crippen LogP contribution in [0.15, 0.2) is 36.4 Å². The highest BCUT2D eigenvalue weighted by molar-refractivity contribution is 5.84. The van der Waals surface area contributed by atoms with Gasteiger partial charge in [0, 0.05) is 0 Å². The first kappa shape index (κ1) is 11.9. The highest BCUT2D eigenvalue weighted by Gasteiger charge is 2.15. The van der Waals surface area contributed by atoms with Crippen LogP contribution in [-0.2, 0) is 5.60 Å². The standard InChI is InChI=1S/C15H18O2/c1-4-17-14-8-6-11-9-13(15(2,3)16)7-5-12(11)10-14/h5-10,16H,4H2,1-3H3. The normalized spacial score (nSPS) is 11.8. The van der Waals surface area contributed by atoms with Crippen molar-refractivity contribution in [2.75, 3.05) is 6.61 Å². The SMILES string of the molecule is CCOc1ccc2cc(C(C)(C)O)ccc2c1. The van der Waals surface area contributed by atoms with E-state index in [2.05, 4.69) is 0 Å². The summed E-state index contributed by atoms with van der Waals surface area (Å²) < 4.78 is 5.46. The van der Waals surface area contributed by atoms with E-state index in [0.29, 0.717) is 6.61 Å². The number of aliphatic hydroxyl groups is 1. The molecule has 0 fully saturated rings. The Morgan fingerprint density at radius 2 is 1.71 bits per heavy atom. The van der Waals surface area contributed by atoms with Crippen molar-refractivity contribution in [3.63, 3.8) is 0 Å². The lowest BCUT2D eigenvalue weighted by atomic mass is 9.95. The number of hydrogen-bond acceptors (Lipinski definition) is 2. The first-order valence-electron chi connectivity index (χ1n) is 5.90. The number of ether oxygens (including phenoxy) is 1. The minimum Gasteiger partial charge on any atom is -0.494 e. The Morgan fingerprint density at radius 3 is 2.35 bits per heavy atom. The lowest BCUT2D eigenvalue weighted by Gasteiger charge is -2.18. The Kier molecular flexibility index (Phi) is 3.07. The van der Waals surface area contributed by atoms with Gasteiger partial charge in [0.1, 0.15) is 5.75 Å². The molecule has 0 spiro atoms. The maximum absolute atomic E-state index is 9.96. The largest absolute Gasteiger partial charge is 0.494 e. The smallest absolute Gasteiger partial charge is 0.119 e. The van der Waals surface area contributed by atoms with E-state index in [1.807, 2.05) is 43.3 Å². The van der Waals surface area contributed by atoms with Crippen molar-refractivity contribution in [3.8, 4) is 5.75 Å². The molecule has 2 aromatic rings. The fourth-order valence-electron chi connectivity index (χ4n) is 1.86. The van der Waals surface area contributed by atoms with Crippen molar-refractivity contribution >= 4 is 10.8 Å². The van der Waals surface area contributed by atoms with Crippen molar-refractivity contribution in [1.29, 1.82) is 0 Å². The van der Waals surface area contributed by atoms with Crippen LogP contribution in [0.3, 0.4) is 0 Å².